The van der Waals surface area contributed by atoms with E-state index in [0.717, 1.165) is 61.4 Å². The second-order valence-electron chi connectivity index (χ2n) is 7.68. The quantitative estimate of drug-likeness (QED) is 0.775. The molecule has 27 heavy (non-hydrogen) atoms. The lowest BCUT2D eigenvalue weighted by molar-refractivity contribution is 0.356. The summed E-state index contributed by atoms with van der Waals surface area (Å²) in [5.41, 5.74) is 5.89. The second-order valence-corrected chi connectivity index (χ2v) is 7.68. The van der Waals surface area contributed by atoms with Crippen molar-refractivity contribution in [1.82, 2.24) is 15.3 Å². The van der Waals surface area contributed by atoms with Gasteiger partial charge in [-0.2, -0.15) is 4.98 Å². The summed E-state index contributed by atoms with van der Waals surface area (Å²) in [5.74, 6) is 3.89. The van der Waals surface area contributed by atoms with Gasteiger partial charge in [0, 0.05) is 48.6 Å². The Morgan fingerprint density at radius 1 is 1.19 bits per heavy atom. The third-order valence-electron chi connectivity index (χ3n) is 5.79. The number of aryl methyl sites for hydroxylation is 1. The summed E-state index contributed by atoms with van der Waals surface area (Å²) >= 11 is 0. The first-order chi connectivity index (χ1) is 13.2. The lowest BCUT2D eigenvalue weighted by Gasteiger charge is -2.14. The van der Waals surface area contributed by atoms with Crippen molar-refractivity contribution >= 4 is 23.0 Å². The predicted molar refractivity (Wildman–Crippen MR) is 108 cm³/mol. The maximum atomic E-state index is 6.00. The summed E-state index contributed by atoms with van der Waals surface area (Å²) in [7, 11) is 1.87. The predicted octanol–water partition coefficient (Wildman–Crippen LogP) is 3.13. The van der Waals surface area contributed by atoms with E-state index < -0.39 is 0 Å². The molecule has 0 radical (unpaired) electrons. The molecule has 6 heteroatoms. The van der Waals surface area contributed by atoms with Gasteiger partial charge in [-0.25, -0.2) is 4.98 Å². The van der Waals surface area contributed by atoms with Crippen LogP contribution in [-0.2, 0) is 6.42 Å². The summed E-state index contributed by atoms with van der Waals surface area (Å²) in [6.45, 7) is 4.96. The second kappa shape index (κ2) is 6.53. The van der Waals surface area contributed by atoms with Crippen molar-refractivity contribution in [3.63, 3.8) is 0 Å². The van der Waals surface area contributed by atoms with E-state index in [-0.39, 0.29) is 0 Å². The van der Waals surface area contributed by atoms with Crippen LogP contribution in [0.1, 0.15) is 23.2 Å². The third kappa shape index (κ3) is 3.04. The largest absolute Gasteiger partial charge is 0.492 e. The number of aromatic nitrogens is 2. The van der Waals surface area contributed by atoms with E-state index in [1.165, 1.54) is 16.7 Å². The van der Waals surface area contributed by atoms with Crippen molar-refractivity contribution in [3.05, 3.63) is 41.1 Å². The molecule has 6 nitrogen and oxygen atoms in total. The fraction of sp³-hybridized carbons (Fsp3) is 0.429. The van der Waals surface area contributed by atoms with Crippen molar-refractivity contribution in [2.45, 2.75) is 19.8 Å². The number of anilines is 3. The molecule has 0 amide bonds. The van der Waals surface area contributed by atoms with Gasteiger partial charge in [-0.15, -0.1) is 0 Å². The Kier molecular flexibility index (Phi) is 4.01. The van der Waals surface area contributed by atoms with Gasteiger partial charge < -0.3 is 20.7 Å². The Balaban J connectivity index is 1.50. The molecule has 2 aliphatic heterocycles. The first-order valence-electron chi connectivity index (χ1n) is 9.71. The minimum Gasteiger partial charge on any atom is -0.492 e. The van der Waals surface area contributed by atoms with E-state index in [2.05, 4.69) is 44.1 Å². The summed E-state index contributed by atoms with van der Waals surface area (Å²) in [6.07, 6.45) is 4.53. The van der Waals surface area contributed by atoms with E-state index >= 15 is 0 Å². The topological polar surface area (TPSA) is 71.1 Å². The molecular weight excluding hydrogens is 338 g/mol. The van der Waals surface area contributed by atoms with E-state index in [9.17, 15) is 0 Å². The normalized spacial score (nSPS) is 22.8. The minimum absolute atomic E-state index is 0.616. The number of hydrogen-bond acceptors (Lipinski definition) is 6. The number of nitrogens with zero attached hydrogens (tertiary/aromatic N) is 2. The van der Waals surface area contributed by atoms with Gasteiger partial charge in [0.25, 0.3) is 0 Å². The van der Waals surface area contributed by atoms with Gasteiger partial charge in [-0.3, -0.25) is 0 Å². The van der Waals surface area contributed by atoms with Crippen LogP contribution in [0.15, 0.2) is 24.3 Å². The summed E-state index contributed by atoms with van der Waals surface area (Å²) < 4.78 is 6.00. The molecule has 1 aromatic carbocycles. The number of ether oxygens (including phenoxy) is 1. The Morgan fingerprint density at radius 2 is 2.11 bits per heavy atom. The lowest BCUT2D eigenvalue weighted by atomic mass is 9.96. The van der Waals surface area contributed by atoms with Crippen molar-refractivity contribution in [2.75, 3.05) is 37.4 Å². The van der Waals surface area contributed by atoms with Gasteiger partial charge in [-0.1, -0.05) is 6.08 Å². The highest BCUT2D eigenvalue weighted by Crippen LogP contribution is 2.44. The molecule has 0 unspecified atom stereocenters. The van der Waals surface area contributed by atoms with E-state index in [1.807, 2.05) is 20.0 Å². The Labute approximate surface area is 159 Å². The number of fused-ring (bicyclic) bond motifs is 2. The zero-order chi connectivity index (χ0) is 18.4. The fourth-order valence-corrected chi connectivity index (χ4v) is 4.48. The van der Waals surface area contributed by atoms with Gasteiger partial charge >= 0.3 is 0 Å². The highest BCUT2D eigenvalue weighted by atomic mass is 16.5. The van der Waals surface area contributed by atoms with E-state index in [0.29, 0.717) is 11.9 Å². The smallest absolute Gasteiger partial charge is 0.229 e. The Bertz CT molecular complexity index is 923. The standard InChI is InChI=1S/C21H25N5O/c1-12-5-19(22-2)26-21(24-12)25-17-8-13-3-4-27-20(13)18(9-17)14-6-15-10-23-11-16(15)7-14/h5-6,8-9,15-16,23H,3-4,7,10-11H2,1-2H3,(H2,22,24,25,26)/t15-,16+/m0/s1. The van der Waals surface area contributed by atoms with Crippen LogP contribution in [0.25, 0.3) is 5.57 Å². The van der Waals surface area contributed by atoms with Gasteiger partial charge in [0.2, 0.25) is 5.95 Å². The van der Waals surface area contributed by atoms with Crippen LogP contribution in [0.4, 0.5) is 17.5 Å². The number of hydrogen-bond donors (Lipinski definition) is 3. The lowest BCUT2D eigenvalue weighted by Crippen LogP contribution is -2.09. The highest BCUT2D eigenvalue weighted by molar-refractivity contribution is 5.78. The molecule has 1 saturated heterocycles. The molecule has 3 aliphatic rings. The van der Waals surface area contributed by atoms with Gasteiger partial charge in [0.15, 0.2) is 0 Å². The fourth-order valence-electron chi connectivity index (χ4n) is 4.48. The maximum Gasteiger partial charge on any atom is 0.229 e. The number of nitrogens with one attached hydrogen (secondary N) is 3. The first kappa shape index (κ1) is 16.6. The zero-order valence-electron chi connectivity index (χ0n) is 15.8. The molecule has 140 valence electrons. The molecule has 3 N–H and O–H groups in total. The molecule has 1 aromatic heterocycles. The number of rotatable bonds is 4. The molecule has 0 saturated carbocycles. The van der Waals surface area contributed by atoms with Crippen molar-refractivity contribution < 1.29 is 4.74 Å². The average molecular weight is 363 g/mol. The molecule has 5 rings (SSSR count). The highest BCUT2D eigenvalue weighted by Gasteiger charge is 2.33. The van der Waals surface area contributed by atoms with Gasteiger partial charge in [0.05, 0.1) is 6.61 Å². The van der Waals surface area contributed by atoms with Gasteiger partial charge in [0.1, 0.15) is 11.6 Å². The molecule has 3 heterocycles. The van der Waals surface area contributed by atoms with Crippen LogP contribution in [0, 0.1) is 18.8 Å². The average Bonchev–Trinajstić information content (AvgIpc) is 3.36. The Hall–Kier alpha value is -2.60. The van der Waals surface area contributed by atoms with Crippen molar-refractivity contribution in [3.8, 4) is 5.75 Å². The number of allylic oxidation sites excluding steroid dienone is 1. The van der Waals surface area contributed by atoms with Crippen LogP contribution in [-0.4, -0.2) is 36.7 Å². The molecule has 2 aromatic rings. The van der Waals surface area contributed by atoms with Crippen molar-refractivity contribution in [1.29, 1.82) is 0 Å². The van der Waals surface area contributed by atoms with Crippen molar-refractivity contribution in [2.24, 2.45) is 11.8 Å². The molecular formula is C21H25N5O. The van der Waals surface area contributed by atoms with E-state index in [1.54, 1.807) is 0 Å². The minimum atomic E-state index is 0.616. The monoisotopic (exact) mass is 363 g/mol. The SMILES string of the molecule is CNc1cc(C)nc(Nc2cc3c(c(C4=C[C@H]5CNC[C@H]5C4)c2)OCC3)n1. The van der Waals surface area contributed by atoms with Crippen LogP contribution in [0.2, 0.25) is 0 Å². The summed E-state index contributed by atoms with van der Waals surface area (Å²) in [5, 5.41) is 9.99. The van der Waals surface area contributed by atoms with Crippen LogP contribution in [0.5, 0.6) is 5.75 Å². The first-order valence-corrected chi connectivity index (χ1v) is 9.71. The molecule has 0 bridgehead atoms. The summed E-state index contributed by atoms with van der Waals surface area (Å²) in [4.78, 5) is 9.06. The Morgan fingerprint density at radius 3 is 2.96 bits per heavy atom. The van der Waals surface area contributed by atoms with E-state index in [4.69, 9.17) is 4.74 Å². The van der Waals surface area contributed by atoms with Crippen LogP contribution >= 0.6 is 0 Å². The van der Waals surface area contributed by atoms with Crippen LogP contribution < -0.4 is 20.7 Å². The molecule has 0 spiro atoms. The number of benzene rings is 1. The zero-order valence-corrected chi connectivity index (χ0v) is 15.8. The maximum absolute atomic E-state index is 6.00. The molecule has 2 atom stereocenters. The van der Waals surface area contributed by atoms with Crippen LogP contribution in [0.3, 0.4) is 0 Å². The summed E-state index contributed by atoms with van der Waals surface area (Å²) in [6, 6.07) is 6.31. The van der Waals surface area contributed by atoms with Gasteiger partial charge in [-0.05, 0) is 49.4 Å². The molecule has 1 fully saturated rings. The molecule has 1 aliphatic carbocycles. The third-order valence-corrected chi connectivity index (χ3v) is 5.79.